The van der Waals surface area contributed by atoms with E-state index in [0.29, 0.717) is 35.8 Å². The van der Waals surface area contributed by atoms with E-state index in [1.54, 1.807) is 30.6 Å². The molecule has 1 aliphatic heterocycles. The lowest BCUT2D eigenvalue weighted by atomic mass is 10.0. The number of methoxy groups -OCH3 is 1. The predicted molar refractivity (Wildman–Crippen MR) is 124 cm³/mol. The van der Waals surface area contributed by atoms with Crippen LogP contribution in [0.2, 0.25) is 0 Å². The second-order valence-corrected chi connectivity index (χ2v) is 7.39. The van der Waals surface area contributed by atoms with E-state index in [0.717, 1.165) is 17.5 Å². The minimum absolute atomic E-state index is 0.338. The number of pyridine rings is 1. The Labute approximate surface area is 187 Å². The number of carbonyl (C=O) groups excluding carboxylic acids is 2. The quantitative estimate of drug-likeness (QED) is 0.510. The van der Waals surface area contributed by atoms with Crippen LogP contribution in [0.4, 0.5) is 5.69 Å². The Hall–Kier alpha value is -3.93. The molecule has 162 valence electrons. The summed E-state index contributed by atoms with van der Waals surface area (Å²) in [5, 5.41) is 0. The topological polar surface area (TPSA) is 62.7 Å². The zero-order chi connectivity index (χ0) is 22.5. The largest absolute Gasteiger partial charge is 0.495 e. The van der Waals surface area contributed by atoms with Crippen molar-refractivity contribution in [3.63, 3.8) is 0 Å². The van der Waals surface area contributed by atoms with Gasteiger partial charge in [-0.3, -0.25) is 14.6 Å². The summed E-state index contributed by atoms with van der Waals surface area (Å²) >= 11 is 0. The number of ether oxygens (including phenoxy) is 1. The average molecular weight is 428 g/mol. The van der Waals surface area contributed by atoms with Gasteiger partial charge in [-0.25, -0.2) is 4.90 Å². The molecule has 1 aromatic heterocycles. The number of nitrogens with zero attached hydrogens (tertiary/aromatic N) is 3. The highest BCUT2D eigenvalue weighted by atomic mass is 16.5. The number of rotatable bonds is 8. The van der Waals surface area contributed by atoms with Gasteiger partial charge in [0.1, 0.15) is 11.4 Å². The van der Waals surface area contributed by atoms with Crippen LogP contribution >= 0.6 is 0 Å². The lowest BCUT2D eigenvalue weighted by molar-refractivity contribution is -0.120. The molecule has 0 spiro atoms. The first kappa shape index (κ1) is 21.3. The number of hydrogen-bond donors (Lipinski definition) is 0. The van der Waals surface area contributed by atoms with Gasteiger partial charge in [0.15, 0.2) is 0 Å². The van der Waals surface area contributed by atoms with E-state index in [1.807, 2.05) is 60.4 Å². The Kier molecular flexibility index (Phi) is 6.31. The van der Waals surface area contributed by atoms with Gasteiger partial charge in [-0.2, -0.15) is 0 Å². The zero-order valence-corrected chi connectivity index (χ0v) is 18.2. The normalized spacial score (nSPS) is 13.6. The van der Waals surface area contributed by atoms with E-state index in [2.05, 4.69) is 4.98 Å². The number of carbonyl (C=O) groups is 2. The number of benzene rings is 2. The van der Waals surface area contributed by atoms with Crippen LogP contribution in [-0.4, -0.2) is 41.9 Å². The molecule has 6 nitrogen and oxygen atoms in total. The number of anilines is 1. The molecule has 0 radical (unpaired) electrons. The third-order valence-corrected chi connectivity index (χ3v) is 5.57. The average Bonchev–Trinajstić information content (AvgIpc) is 3.10. The third kappa shape index (κ3) is 3.99. The third-order valence-electron chi connectivity index (χ3n) is 5.57. The molecule has 0 saturated heterocycles. The van der Waals surface area contributed by atoms with Crippen LogP contribution in [0.25, 0.3) is 5.57 Å². The summed E-state index contributed by atoms with van der Waals surface area (Å²) < 4.78 is 5.44. The molecular weight excluding hydrogens is 402 g/mol. The van der Waals surface area contributed by atoms with Crippen LogP contribution in [0, 0.1) is 0 Å². The Balaban J connectivity index is 1.77. The van der Waals surface area contributed by atoms with E-state index >= 15 is 0 Å². The smallest absolute Gasteiger partial charge is 0.282 e. The van der Waals surface area contributed by atoms with Crippen molar-refractivity contribution in [3.05, 3.63) is 95.9 Å². The molecular formula is C26H25N3O3. The molecule has 4 rings (SSSR count). The molecule has 0 N–H and O–H groups in total. The highest BCUT2D eigenvalue weighted by Gasteiger charge is 2.43. The van der Waals surface area contributed by atoms with Crippen molar-refractivity contribution in [1.82, 2.24) is 9.88 Å². The van der Waals surface area contributed by atoms with Crippen LogP contribution in [0.5, 0.6) is 5.75 Å². The molecule has 2 aromatic carbocycles. The molecule has 0 unspecified atom stereocenters. The minimum atomic E-state index is -0.344. The Bertz CT molecular complexity index is 1140. The lowest BCUT2D eigenvalue weighted by Crippen LogP contribution is -2.36. The summed E-state index contributed by atoms with van der Waals surface area (Å²) in [5.41, 5.74) is 3.12. The first-order valence-corrected chi connectivity index (χ1v) is 10.6. The molecule has 0 fully saturated rings. The summed E-state index contributed by atoms with van der Waals surface area (Å²) in [6, 6.07) is 20.4. The highest BCUT2D eigenvalue weighted by Crippen LogP contribution is 2.38. The molecule has 0 saturated carbocycles. The van der Waals surface area contributed by atoms with E-state index in [1.165, 1.54) is 12.0 Å². The Morgan fingerprint density at radius 3 is 2.28 bits per heavy atom. The summed E-state index contributed by atoms with van der Waals surface area (Å²) in [7, 11) is 1.53. The summed E-state index contributed by atoms with van der Waals surface area (Å²) in [6.45, 7) is 3.19. The van der Waals surface area contributed by atoms with E-state index < -0.39 is 0 Å². The zero-order valence-electron chi connectivity index (χ0n) is 18.2. The van der Waals surface area contributed by atoms with Crippen LogP contribution in [0.15, 0.2) is 84.8 Å². The van der Waals surface area contributed by atoms with Crippen LogP contribution in [0.3, 0.4) is 0 Å². The van der Waals surface area contributed by atoms with Gasteiger partial charge < -0.3 is 9.64 Å². The van der Waals surface area contributed by atoms with Crippen molar-refractivity contribution >= 4 is 23.1 Å². The first-order chi connectivity index (χ1) is 15.7. The molecule has 0 bridgehead atoms. The van der Waals surface area contributed by atoms with Crippen molar-refractivity contribution < 1.29 is 14.3 Å². The number of aromatic nitrogens is 1. The number of imide groups is 1. The van der Waals surface area contributed by atoms with Gasteiger partial charge in [0.25, 0.3) is 11.8 Å². The number of para-hydroxylation sites is 2. The van der Waals surface area contributed by atoms with Crippen molar-refractivity contribution in [3.8, 4) is 5.75 Å². The molecule has 1 aliphatic rings. The Morgan fingerprint density at radius 1 is 0.906 bits per heavy atom. The molecule has 32 heavy (non-hydrogen) atoms. The van der Waals surface area contributed by atoms with Crippen LogP contribution < -0.4 is 9.64 Å². The molecule has 2 heterocycles. The van der Waals surface area contributed by atoms with E-state index in [9.17, 15) is 9.59 Å². The molecule has 0 atom stereocenters. The maximum atomic E-state index is 13.7. The second-order valence-electron chi connectivity index (χ2n) is 7.39. The summed E-state index contributed by atoms with van der Waals surface area (Å²) in [4.78, 5) is 34.6. The molecule has 0 aliphatic carbocycles. The fourth-order valence-corrected chi connectivity index (χ4v) is 3.95. The van der Waals surface area contributed by atoms with Crippen LogP contribution in [-0.2, 0) is 16.0 Å². The van der Waals surface area contributed by atoms with Crippen molar-refractivity contribution in [1.29, 1.82) is 0 Å². The maximum absolute atomic E-state index is 13.7. The predicted octanol–water partition coefficient (Wildman–Crippen LogP) is 3.94. The summed E-state index contributed by atoms with van der Waals surface area (Å²) in [6.07, 6.45) is 4.25. The van der Waals surface area contributed by atoms with Crippen LogP contribution in [0.1, 0.15) is 18.1 Å². The van der Waals surface area contributed by atoms with Gasteiger partial charge in [-0.15, -0.1) is 0 Å². The molecule has 3 aromatic rings. The molecule has 6 heteroatoms. The van der Waals surface area contributed by atoms with Gasteiger partial charge in [0.05, 0.1) is 18.4 Å². The highest BCUT2D eigenvalue weighted by molar-refractivity contribution is 6.45. The molecule has 2 amide bonds. The maximum Gasteiger partial charge on any atom is 0.282 e. The minimum Gasteiger partial charge on any atom is -0.495 e. The van der Waals surface area contributed by atoms with E-state index in [-0.39, 0.29) is 11.8 Å². The fraction of sp³-hybridized carbons (Fsp3) is 0.192. The monoisotopic (exact) mass is 427 g/mol. The first-order valence-electron chi connectivity index (χ1n) is 10.6. The van der Waals surface area contributed by atoms with Crippen molar-refractivity contribution in [2.24, 2.45) is 0 Å². The summed E-state index contributed by atoms with van der Waals surface area (Å²) in [5.74, 6) is -0.208. The van der Waals surface area contributed by atoms with Gasteiger partial charge in [0, 0.05) is 25.5 Å². The van der Waals surface area contributed by atoms with Gasteiger partial charge in [-0.1, -0.05) is 42.5 Å². The number of hydrogen-bond acceptors (Lipinski definition) is 5. The van der Waals surface area contributed by atoms with Crippen molar-refractivity contribution in [2.45, 2.75) is 13.3 Å². The van der Waals surface area contributed by atoms with E-state index in [4.69, 9.17) is 4.74 Å². The lowest BCUT2D eigenvalue weighted by Gasteiger charge is -2.25. The van der Waals surface area contributed by atoms with Gasteiger partial charge in [-0.05, 0) is 48.7 Å². The van der Waals surface area contributed by atoms with Gasteiger partial charge >= 0.3 is 0 Å². The van der Waals surface area contributed by atoms with Gasteiger partial charge in [0.2, 0.25) is 0 Å². The van der Waals surface area contributed by atoms with Crippen molar-refractivity contribution in [2.75, 3.05) is 25.1 Å². The number of likely N-dealkylation sites (N-methyl/N-ethyl adjacent to an activating group) is 1. The SMILES string of the molecule is CCN(CCc1ccncc1)C1=C(c2ccccc2)C(=O)N(c2ccccc2OC)C1=O. The second kappa shape index (κ2) is 9.47. The fourth-order valence-electron chi connectivity index (χ4n) is 3.95. The Morgan fingerprint density at radius 2 is 1.59 bits per heavy atom. The standard InChI is InChI=1S/C26H25N3O3/c1-3-28(18-15-19-13-16-27-17-14-19)24-23(20-9-5-4-6-10-20)25(30)29(26(24)31)21-11-7-8-12-22(21)32-2/h4-14,16-17H,3,15,18H2,1-2H3. The number of amides is 2.